The molecule has 0 aliphatic heterocycles. The molecule has 0 aromatic heterocycles. The van der Waals surface area contributed by atoms with E-state index in [1.165, 1.54) is 0 Å². The Morgan fingerprint density at radius 2 is 1.94 bits per heavy atom. The van der Waals surface area contributed by atoms with Crippen molar-refractivity contribution in [3.8, 4) is 5.75 Å². The second kappa shape index (κ2) is 4.91. The highest BCUT2D eigenvalue weighted by Gasteiger charge is 2.12. The van der Waals surface area contributed by atoms with Crippen LogP contribution in [0.3, 0.4) is 0 Å². The van der Waals surface area contributed by atoms with E-state index in [4.69, 9.17) is 9.47 Å². The molecule has 1 aromatic rings. The molecule has 1 aromatic carbocycles. The van der Waals surface area contributed by atoms with E-state index >= 15 is 0 Å². The Balaban J connectivity index is 1.92. The van der Waals surface area contributed by atoms with Gasteiger partial charge in [-0.1, -0.05) is 18.2 Å². The minimum Gasteiger partial charge on any atom is -0.395 e. The van der Waals surface area contributed by atoms with Gasteiger partial charge in [0.2, 0.25) is 5.76 Å². The molecule has 0 amide bonds. The molecule has 0 spiro atoms. The van der Waals surface area contributed by atoms with Crippen molar-refractivity contribution < 1.29 is 14.3 Å². The van der Waals surface area contributed by atoms with Crippen molar-refractivity contribution in [3.63, 3.8) is 0 Å². The van der Waals surface area contributed by atoms with Gasteiger partial charge in [-0.3, -0.25) is 0 Å². The average Bonchev–Trinajstić information content (AvgIpc) is 2.31. The van der Waals surface area contributed by atoms with Crippen LogP contribution in [0.15, 0.2) is 60.4 Å². The van der Waals surface area contributed by atoms with Gasteiger partial charge in [0.25, 0.3) is 0 Å². The van der Waals surface area contributed by atoms with Crippen LogP contribution >= 0.6 is 0 Å². The molecular formula is C13H9O3+. The zero-order valence-electron chi connectivity index (χ0n) is 8.42. The second-order valence-electron chi connectivity index (χ2n) is 3.00. The van der Waals surface area contributed by atoms with Gasteiger partial charge in [0, 0.05) is 6.08 Å². The van der Waals surface area contributed by atoms with Crippen LogP contribution in [-0.4, -0.2) is 6.16 Å². The van der Waals surface area contributed by atoms with Crippen molar-refractivity contribution in [2.45, 2.75) is 0 Å². The van der Waals surface area contributed by atoms with Crippen LogP contribution in [0.5, 0.6) is 5.75 Å². The van der Waals surface area contributed by atoms with Crippen molar-refractivity contribution in [3.05, 3.63) is 66.5 Å². The van der Waals surface area contributed by atoms with Gasteiger partial charge in [0.15, 0.2) is 0 Å². The highest BCUT2D eigenvalue weighted by atomic mass is 16.7. The lowest BCUT2D eigenvalue weighted by atomic mass is 10.3. The Labute approximate surface area is 93.3 Å². The SMILES string of the molecule is O=C(OC1=CC=[C+]C=C1)Oc1ccccc1. The highest BCUT2D eigenvalue weighted by molar-refractivity contribution is 5.65. The molecule has 16 heavy (non-hydrogen) atoms. The molecule has 0 unspecified atom stereocenters. The fourth-order valence-electron chi connectivity index (χ4n) is 1.14. The highest BCUT2D eigenvalue weighted by Crippen LogP contribution is 2.12. The number of carbonyl (C=O) groups is 1. The molecule has 0 radical (unpaired) electrons. The first kappa shape index (κ1) is 10.1. The first-order valence-electron chi connectivity index (χ1n) is 4.75. The zero-order valence-corrected chi connectivity index (χ0v) is 8.42. The van der Waals surface area contributed by atoms with Crippen LogP contribution in [-0.2, 0) is 4.74 Å². The fraction of sp³-hybridized carbons (Fsp3) is 0. The number of hydrogen-bond donors (Lipinski definition) is 0. The maximum absolute atomic E-state index is 11.3. The Hall–Kier alpha value is -2.38. The normalized spacial score (nSPS) is 12.6. The summed E-state index contributed by atoms with van der Waals surface area (Å²) >= 11 is 0. The van der Waals surface area contributed by atoms with Crippen molar-refractivity contribution in [1.82, 2.24) is 0 Å². The Bertz CT molecular complexity index is 455. The number of allylic oxidation sites excluding steroid dienone is 5. The molecule has 0 saturated carbocycles. The van der Waals surface area contributed by atoms with E-state index in [1.807, 2.05) is 6.07 Å². The van der Waals surface area contributed by atoms with Crippen LogP contribution < -0.4 is 4.74 Å². The van der Waals surface area contributed by atoms with Crippen molar-refractivity contribution in [1.29, 1.82) is 0 Å². The van der Waals surface area contributed by atoms with Gasteiger partial charge < -0.3 is 9.47 Å². The van der Waals surface area contributed by atoms with Gasteiger partial charge in [0.05, 0.1) is 12.2 Å². The molecule has 3 nitrogen and oxygen atoms in total. The Morgan fingerprint density at radius 1 is 1.12 bits per heavy atom. The largest absolute Gasteiger partial charge is 0.521 e. The number of carbonyl (C=O) groups excluding carboxylic acids is 1. The van der Waals surface area contributed by atoms with Crippen molar-refractivity contribution in [2.24, 2.45) is 0 Å². The third-order valence-corrected chi connectivity index (χ3v) is 1.83. The maximum atomic E-state index is 11.3. The van der Waals surface area contributed by atoms with Gasteiger partial charge in [-0.15, -0.1) is 0 Å². The molecule has 0 saturated heterocycles. The molecule has 2 rings (SSSR count). The number of hydrogen-bond acceptors (Lipinski definition) is 3. The minimum absolute atomic E-state index is 0.430. The van der Waals surface area contributed by atoms with Crippen LogP contribution in [0.1, 0.15) is 0 Å². The lowest BCUT2D eigenvalue weighted by Gasteiger charge is -2.03. The van der Waals surface area contributed by atoms with E-state index in [0.29, 0.717) is 11.5 Å². The average molecular weight is 213 g/mol. The number of para-hydroxylation sites is 1. The minimum atomic E-state index is -0.752. The van der Waals surface area contributed by atoms with Crippen LogP contribution in [0.25, 0.3) is 0 Å². The monoisotopic (exact) mass is 213 g/mol. The van der Waals surface area contributed by atoms with E-state index in [9.17, 15) is 4.79 Å². The summed E-state index contributed by atoms with van der Waals surface area (Å²) in [4.78, 5) is 11.3. The third-order valence-electron chi connectivity index (χ3n) is 1.83. The zero-order chi connectivity index (χ0) is 11.2. The molecular weight excluding hydrogens is 204 g/mol. The summed E-state index contributed by atoms with van der Waals surface area (Å²) in [6.07, 6.45) is 8.65. The molecule has 3 heteroatoms. The molecule has 0 atom stereocenters. The Kier molecular flexibility index (Phi) is 3.12. The predicted octanol–water partition coefficient (Wildman–Crippen LogP) is 3.02. The summed E-state index contributed by atoms with van der Waals surface area (Å²) in [6, 6.07) is 8.76. The molecule has 0 bridgehead atoms. The lowest BCUT2D eigenvalue weighted by molar-refractivity contribution is 0.129. The topological polar surface area (TPSA) is 35.5 Å². The van der Waals surface area contributed by atoms with E-state index in [2.05, 4.69) is 6.08 Å². The van der Waals surface area contributed by atoms with Gasteiger partial charge in [-0.05, 0) is 12.1 Å². The summed E-state index contributed by atoms with van der Waals surface area (Å²) in [5.74, 6) is 0.884. The van der Waals surface area contributed by atoms with E-state index < -0.39 is 6.16 Å². The third kappa shape index (κ3) is 2.80. The number of benzene rings is 1. The van der Waals surface area contributed by atoms with E-state index in [-0.39, 0.29) is 0 Å². The Morgan fingerprint density at radius 3 is 2.62 bits per heavy atom. The van der Waals surface area contributed by atoms with Crippen molar-refractivity contribution >= 4 is 6.16 Å². The second-order valence-corrected chi connectivity index (χ2v) is 3.00. The quantitative estimate of drug-likeness (QED) is 0.430. The van der Waals surface area contributed by atoms with Gasteiger partial charge in [-0.2, -0.15) is 0 Å². The summed E-state index contributed by atoms with van der Waals surface area (Å²) in [7, 11) is 0. The summed E-state index contributed by atoms with van der Waals surface area (Å²) in [6.45, 7) is 0. The first-order valence-corrected chi connectivity index (χ1v) is 4.75. The van der Waals surface area contributed by atoms with Gasteiger partial charge >= 0.3 is 6.16 Å². The molecule has 0 N–H and O–H groups in total. The lowest BCUT2D eigenvalue weighted by Crippen LogP contribution is -2.09. The van der Waals surface area contributed by atoms with E-state index in [1.54, 1.807) is 48.6 Å². The van der Waals surface area contributed by atoms with Crippen LogP contribution in [0.4, 0.5) is 4.79 Å². The summed E-state index contributed by atoms with van der Waals surface area (Å²) < 4.78 is 9.88. The molecule has 0 fully saturated rings. The molecule has 1 aliphatic carbocycles. The fourth-order valence-corrected chi connectivity index (χ4v) is 1.14. The maximum Gasteiger partial charge on any atom is 0.521 e. The van der Waals surface area contributed by atoms with E-state index in [0.717, 1.165) is 0 Å². The standard InChI is InChI=1S/C13H9O3/c14-13(15-11-7-3-1-4-8-11)16-12-9-5-2-6-10-12/h1,3-10H/q+1. The smallest absolute Gasteiger partial charge is 0.395 e. The van der Waals surface area contributed by atoms with Crippen LogP contribution in [0.2, 0.25) is 0 Å². The van der Waals surface area contributed by atoms with Crippen LogP contribution in [0, 0.1) is 6.08 Å². The molecule has 0 heterocycles. The number of rotatable bonds is 2. The van der Waals surface area contributed by atoms with Gasteiger partial charge in [0.1, 0.15) is 17.9 Å². The molecule has 1 aliphatic rings. The number of ether oxygens (including phenoxy) is 2. The summed E-state index contributed by atoms with van der Waals surface area (Å²) in [5.41, 5.74) is 0. The predicted molar refractivity (Wildman–Crippen MR) is 58.6 cm³/mol. The summed E-state index contributed by atoms with van der Waals surface area (Å²) in [5, 5.41) is 0. The van der Waals surface area contributed by atoms with Gasteiger partial charge in [-0.25, -0.2) is 4.79 Å². The first-order chi connectivity index (χ1) is 7.84. The molecule has 78 valence electrons. The van der Waals surface area contributed by atoms with Crippen molar-refractivity contribution in [2.75, 3.05) is 0 Å².